The molecule has 226 valence electrons. The third kappa shape index (κ3) is 6.29. The monoisotopic (exact) mass is 634 g/mol. The zero-order valence-electron chi connectivity index (χ0n) is 24.8. The predicted octanol–water partition coefficient (Wildman–Crippen LogP) is 7.49. The number of nitrogens with one attached hydrogen (secondary N) is 2. The van der Waals surface area contributed by atoms with E-state index in [2.05, 4.69) is 9.44 Å². The van der Waals surface area contributed by atoms with Gasteiger partial charge in [0, 0.05) is 10.9 Å². The van der Waals surface area contributed by atoms with E-state index in [1.54, 1.807) is 43.3 Å². The number of benzene rings is 5. The molecule has 0 fully saturated rings. The standard InChI is InChI=1S/C35H30N4O4S2/c1-23-13-17-27(18-14-23)44(40,41)38-31-21-25(3)22-32(39-45(42,43)28-19-15-24(2)16-20-28)33(31)35-36-30-12-8-7-11-29(30)34(37-35)26-9-5-4-6-10-26/h4-22,38-39H,1-3H3. The van der Waals surface area contributed by atoms with Gasteiger partial charge in [-0.2, -0.15) is 0 Å². The van der Waals surface area contributed by atoms with E-state index in [0.717, 1.165) is 22.1 Å². The normalized spacial score (nSPS) is 11.8. The average Bonchev–Trinajstić information content (AvgIpc) is 3.01. The lowest BCUT2D eigenvalue weighted by atomic mass is 10.0. The summed E-state index contributed by atoms with van der Waals surface area (Å²) >= 11 is 0. The van der Waals surface area contributed by atoms with Crippen molar-refractivity contribution in [1.82, 2.24) is 9.97 Å². The zero-order chi connectivity index (χ0) is 31.8. The van der Waals surface area contributed by atoms with Crippen molar-refractivity contribution in [1.29, 1.82) is 0 Å². The molecule has 6 aromatic rings. The van der Waals surface area contributed by atoms with E-state index in [1.807, 2.05) is 68.4 Å². The Kier molecular flexibility index (Phi) is 7.86. The quantitative estimate of drug-likeness (QED) is 0.179. The Hall–Kier alpha value is -5.06. The second kappa shape index (κ2) is 11.8. The second-order valence-electron chi connectivity index (χ2n) is 10.9. The summed E-state index contributed by atoms with van der Waals surface area (Å²) in [6.45, 7) is 5.50. The van der Waals surface area contributed by atoms with Crippen LogP contribution in [0.5, 0.6) is 0 Å². The molecular weight excluding hydrogens is 605 g/mol. The van der Waals surface area contributed by atoms with Gasteiger partial charge in [0.2, 0.25) is 0 Å². The molecule has 8 nitrogen and oxygen atoms in total. The van der Waals surface area contributed by atoms with E-state index in [-0.39, 0.29) is 32.6 Å². The molecule has 45 heavy (non-hydrogen) atoms. The van der Waals surface area contributed by atoms with Gasteiger partial charge >= 0.3 is 0 Å². The van der Waals surface area contributed by atoms with Crippen LogP contribution in [-0.4, -0.2) is 26.8 Å². The summed E-state index contributed by atoms with van der Waals surface area (Å²) in [6.07, 6.45) is 0. The Balaban J connectivity index is 1.60. The molecule has 0 radical (unpaired) electrons. The number of sulfonamides is 2. The van der Waals surface area contributed by atoms with Crippen molar-refractivity contribution in [3.05, 3.63) is 132 Å². The fourth-order valence-corrected chi connectivity index (χ4v) is 7.16. The molecule has 0 aliphatic carbocycles. The Bertz CT molecular complexity index is 2160. The summed E-state index contributed by atoms with van der Waals surface area (Å²) in [5.74, 6) is 0.149. The molecule has 1 heterocycles. The number of nitrogens with zero attached hydrogens (tertiary/aromatic N) is 2. The fraction of sp³-hybridized carbons (Fsp3) is 0.0857. The molecule has 0 amide bonds. The third-order valence-corrected chi connectivity index (χ3v) is 10.1. The number of hydrogen-bond donors (Lipinski definition) is 2. The van der Waals surface area contributed by atoms with Crippen molar-refractivity contribution in [2.75, 3.05) is 9.44 Å². The lowest BCUT2D eigenvalue weighted by Gasteiger charge is -2.19. The number of fused-ring (bicyclic) bond motifs is 1. The van der Waals surface area contributed by atoms with E-state index in [0.29, 0.717) is 16.8 Å². The summed E-state index contributed by atoms with van der Waals surface area (Å²) in [7, 11) is -8.16. The number of rotatable bonds is 8. The molecule has 6 rings (SSSR count). The van der Waals surface area contributed by atoms with Gasteiger partial charge in [0.05, 0.1) is 37.9 Å². The largest absolute Gasteiger partial charge is 0.279 e. The van der Waals surface area contributed by atoms with Crippen LogP contribution >= 0.6 is 0 Å². The maximum Gasteiger partial charge on any atom is 0.261 e. The van der Waals surface area contributed by atoms with Gasteiger partial charge in [-0.1, -0.05) is 83.9 Å². The van der Waals surface area contributed by atoms with Crippen LogP contribution in [0.3, 0.4) is 0 Å². The Morgan fingerprint density at radius 3 is 1.56 bits per heavy atom. The van der Waals surface area contributed by atoms with Crippen LogP contribution < -0.4 is 9.44 Å². The van der Waals surface area contributed by atoms with Crippen molar-refractivity contribution in [3.8, 4) is 22.6 Å². The van der Waals surface area contributed by atoms with Crippen LogP contribution in [0.25, 0.3) is 33.5 Å². The van der Waals surface area contributed by atoms with Gasteiger partial charge in [0.15, 0.2) is 5.82 Å². The summed E-state index contributed by atoms with van der Waals surface area (Å²) in [6, 6.07) is 33.3. The molecular formula is C35H30N4O4S2. The van der Waals surface area contributed by atoms with Gasteiger partial charge in [-0.05, 0) is 68.8 Å². The minimum absolute atomic E-state index is 0.0618. The molecule has 0 spiro atoms. The van der Waals surface area contributed by atoms with Crippen LogP contribution in [0.2, 0.25) is 0 Å². The second-order valence-corrected chi connectivity index (χ2v) is 14.2. The maximum absolute atomic E-state index is 13.7. The molecule has 10 heteroatoms. The highest BCUT2D eigenvalue weighted by molar-refractivity contribution is 7.93. The van der Waals surface area contributed by atoms with E-state index < -0.39 is 20.0 Å². The molecule has 1 aromatic heterocycles. The van der Waals surface area contributed by atoms with Crippen molar-refractivity contribution in [2.45, 2.75) is 30.6 Å². The summed E-state index contributed by atoms with van der Waals surface area (Å²) < 4.78 is 60.1. The molecule has 0 aliphatic rings. The highest BCUT2D eigenvalue weighted by Crippen LogP contribution is 2.39. The first-order valence-corrected chi connectivity index (χ1v) is 17.1. The Labute approximate surface area is 262 Å². The van der Waals surface area contributed by atoms with Crippen LogP contribution in [0.1, 0.15) is 16.7 Å². The van der Waals surface area contributed by atoms with Gasteiger partial charge in [0.25, 0.3) is 20.0 Å². The number of hydrogen-bond acceptors (Lipinski definition) is 6. The molecule has 0 saturated carbocycles. The average molecular weight is 635 g/mol. The Morgan fingerprint density at radius 1 is 0.533 bits per heavy atom. The molecule has 0 unspecified atom stereocenters. The summed E-state index contributed by atoms with van der Waals surface area (Å²) in [5.41, 5.74) is 4.96. The van der Waals surface area contributed by atoms with Crippen molar-refractivity contribution >= 4 is 42.3 Å². The van der Waals surface area contributed by atoms with E-state index >= 15 is 0 Å². The SMILES string of the molecule is Cc1ccc(S(=O)(=O)Nc2cc(C)cc(NS(=O)(=O)c3ccc(C)cc3)c2-c2nc(-c3ccccc3)c3ccccc3n2)cc1. The highest BCUT2D eigenvalue weighted by atomic mass is 32.2. The minimum Gasteiger partial charge on any atom is -0.279 e. The minimum atomic E-state index is -4.08. The van der Waals surface area contributed by atoms with Crippen LogP contribution in [0, 0.1) is 20.8 Å². The third-order valence-electron chi connectivity index (χ3n) is 7.31. The number of para-hydroxylation sites is 1. The molecule has 0 saturated heterocycles. The van der Waals surface area contributed by atoms with Crippen molar-refractivity contribution < 1.29 is 16.8 Å². The van der Waals surface area contributed by atoms with Crippen LogP contribution in [0.15, 0.2) is 125 Å². The number of anilines is 2. The lowest BCUT2D eigenvalue weighted by molar-refractivity contribution is 0.599. The summed E-state index contributed by atoms with van der Waals surface area (Å²) in [4.78, 5) is 9.89. The van der Waals surface area contributed by atoms with Crippen molar-refractivity contribution in [3.63, 3.8) is 0 Å². The first-order chi connectivity index (χ1) is 21.5. The molecule has 5 aromatic carbocycles. The number of aromatic nitrogens is 2. The fourth-order valence-electron chi connectivity index (χ4n) is 5.04. The van der Waals surface area contributed by atoms with Gasteiger partial charge in [-0.3, -0.25) is 9.44 Å². The molecule has 0 bridgehead atoms. The van der Waals surface area contributed by atoms with E-state index in [4.69, 9.17) is 9.97 Å². The van der Waals surface area contributed by atoms with E-state index in [9.17, 15) is 16.8 Å². The maximum atomic E-state index is 13.7. The first kappa shape index (κ1) is 30.0. The molecule has 2 N–H and O–H groups in total. The van der Waals surface area contributed by atoms with Crippen LogP contribution in [0.4, 0.5) is 11.4 Å². The van der Waals surface area contributed by atoms with E-state index in [1.165, 1.54) is 24.3 Å². The van der Waals surface area contributed by atoms with Gasteiger partial charge in [0.1, 0.15) is 0 Å². The number of aryl methyl sites for hydroxylation is 3. The summed E-state index contributed by atoms with van der Waals surface area (Å²) in [5, 5.41) is 0.795. The van der Waals surface area contributed by atoms with Gasteiger partial charge in [-0.15, -0.1) is 0 Å². The van der Waals surface area contributed by atoms with Gasteiger partial charge in [-0.25, -0.2) is 26.8 Å². The molecule has 0 atom stereocenters. The predicted molar refractivity (Wildman–Crippen MR) is 179 cm³/mol. The van der Waals surface area contributed by atoms with Gasteiger partial charge < -0.3 is 0 Å². The topological polar surface area (TPSA) is 118 Å². The Morgan fingerprint density at radius 2 is 1.02 bits per heavy atom. The molecule has 0 aliphatic heterocycles. The first-order valence-electron chi connectivity index (χ1n) is 14.2. The van der Waals surface area contributed by atoms with Crippen molar-refractivity contribution in [2.24, 2.45) is 0 Å². The highest BCUT2D eigenvalue weighted by Gasteiger charge is 2.25. The smallest absolute Gasteiger partial charge is 0.261 e. The van der Waals surface area contributed by atoms with Crippen LogP contribution in [-0.2, 0) is 20.0 Å². The zero-order valence-corrected chi connectivity index (χ0v) is 26.4. The lowest BCUT2D eigenvalue weighted by Crippen LogP contribution is -2.17.